The lowest BCUT2D eigenvalue weighted by atomic mass is 10.3. The first-order valence-corrected chi connectivity index (χ1v) is 7.53. The molecule has 8 heteroatoms. The van der Waals surface area contributed by atoms with E-state index in [2.05, 4.69) is 27.9 Å². The van der Waals surface area contributed by atoms with E-state index in [0.29, 0.717) is 5.75 Å². The maximum Gasteiger partial charge on any atom is 0.271 e. The number of hydrogen-bond acceptors (Lipinski definition) is 4. The maximum atomic E-state index is 11.8. The minimum absolute atomic E-state index is 0.154. The van der Waals surface area contributed by atoms with E-state index >= 15 is 0 Å². The predicted octanol–water partition coefficient (Wildman–Crippen LogP) is 3.87. The summed E-state index contributed by atoms with van der Waals surface area (Å²) in [6.45, 7) is -0.223. The van der Waals surface area contributed by atoms with Crippen molar-refractivity contribution in [2.24, 2.45) is 0 Å². The first kappa shape index (κ1) is 16.5. The molecule has 0 aliphatic rings. The number of carbonyl (C=O) groups excluding carboxylic acids is 1. The molecule has 0 aromatic heterocycles. The highest BCUT2D eigenvalue weighted by molar-refractivity contribution is 14.1. The second kappa shape index (κ2) is 7.41. The molecule has 0 atom stereocenters. The molecule has 6 nitrogen and oxygen atoms in total. The molecule has 114 valence electrons. The number of nitrogens with zero attached hydrogens (tertiary/aromatic N) is 1. The third-order valence-corrected chi connectivity index (χ3v) is 3.60. The molecule has 2 aromatic carbocycles. The van der Waals surface area contributed by atoms with E-state index < -0.39 is 10.8 Å². The van der Waals surface area contributed by atoms with Crippen molar-refractivity contribution in [1.82, 2.24) is 0 Å². The number of nitrogens with one attached hydrogen (secondary N) is 1. The molecule has 0 radical (unpaired) electrons. The number of nitro groups is 1. The Morgan fingerprint density at radius 1 is 1.32 bits per heavy atom. The molecule has 2 aromatic rings. The van der Waals surface area contributed by atoms with Crippen LogP contribution in [-0.2, 0) is 4.79 Å². The summed E-state index contributed by atoms with van der Waals surface area (Å²) in [5.41, 5.74) is 0.0188. The molecule has 0 heterocycles. The molecule has 22 heavy (non-hydrogen) atoms. The Morgan fingerprint density at radius 2 is 2.09 bits per heavy atom. The van der Waals surface area contributed by atoms with Crippen molar-refractivity contribution in [3.63, 3.8) is 0 Å². The lowest BCUT2D eigenvalue weighted by molar-refractivity contribution is -0.384. The van der Waals surface area contributed by atoms with Crippen LogP contribution in [0.5, 0.6) is 5.75 Å². The number of rotatable bonds is 5. The van der Waals surface area contributed by atoms with Gasteiger partial charge < -0.3 is 10.1 Å². The smallest absolute Gasteiger partial charge is 0.271 e. The predicted molar refractivity (Wildman–Crippen MR) is 91.4 cm³/mol. The number of carbonyl (C=O) groups is 1. The highest BCUT2D eigenvalue weighted by Gasteiger charge is 2.12. The number of ether oxygens (including phenoxy) is 1. The van der Waals surface area contributed by atoms with Gasteiger partial charge in [-0.3, -0.25) is 14.9 Å². The first-order valence-electron chi connectivity index (χ1n) is 6.08. The Morgan fingerprint density at radius 3 is 2.77 bits per heavy atom. The highest BCUT2D eigenvalue weighted by atomic mass is 127. The van der Waals surface area contributed by atoms with Crippen molar-refractivity contribution >= 4 is 51.5 Å². The molecule has 0 aliphatic heterocycles. The van der Waals surface area contributed by atoms with Crippen LogP contribution in [0.1, 0.15) is 0 Å². The normalized spacial score (nSPS) is 10.1. The quantitative estimate of drug-likeness (QED) is 0.442. The van der Waals surface area contributed by atoms with Crippen LogP contribution >= 0.6 is 34.2 Å². The van der Waals surface area contributed by atoms with Gasteiger partial charge in [0.1, 0.15) is 5.75 Å². The van der Waals surface area contributed by atoms with Gasteiger partial charge in [-0.25, -0.2) is 0 Å². The SMILES string of the molecule is O=C(COc1cccc(I)c1)Nc1cc([N+](=O)[O-])ccc1Cl. The zero-order valence-corrected chi connectivity index (χ0v) is 14.0. The molecule has 1 amide bonds. The van der Waals surface area contributed by atoms with Crippen molar-refractivity contribution in [3.05, 3.63) is 61.2 Å². The number of hydrogen-bond donors (Lipinski definition) is 1. The Hall–Kier alpha value is -1.87. The van der Waals surface area contributed by atoms with E-state index in [-0.39, 0.29) is 23.0 Å². The number of halogens is 2. The standard InChI is InChI=1S/C14H10ClIN2O4/c15-12-5-4-10(18(20)21)7-13(12)17-14(19)8-22-11-3-1-2-9(16)6-11/h1-7H,8H2,(H,17,19). The second-order valence-electron chi connectivity index (χ2n) is 4.22. The average Bonchev–Trinajstić information content (AvgIpc) is 2.47. The second-order valence-corrected chi connectivity index (χ2v) is 5.87. The number of non-ortho nitro benzene ring substituents is 1. The van der Waals surface area contributed by atoms with E-state index in [4.69, 9.17) is 16.3 Å². The van der Waals surface area contributed by atoms with Crippen LogP contribution in [0.25, 0.3) is 0 Å². The molecule has 0 spiro atoms. The van der Waals surface area contributed by atoms with Gasteiger partial charge in [0, 0.05) is 15.7 Å². The minimum Gasteiger partial charge on any atom is -0.484 e. The molecule has 0 fully saturated rings. The van der Waals surface area contributed by atoms with E-state index in [9.17, 15) is 14.9 Å². The van der Waals surface area contributed by atoms with Crippen LogP contribution in [0.3, 0.4) is 0 Å². The summed E-state index contributed by atoms with van der Waals surface area (Å²) in [6.07, 6.45) is 0. The third-order valence-electron chi connectivity index (χ3n) is 2.60. The fourth-order valence-corrected chi connectivity index (χ4v) is 2.29. The third kappa shape index (κ3) is 4.57. The van der Waals surface area contributed by atoms with Gasteiger partial charge in [-0.15, -0.1) is 0 Å². The summed E-state index contributed by atoms with van der Waals surface area (Å²) in [7, 11) is 0. The first-order chi connectivity index (χ1) is 10.5. The van der Waals surface area contributed by atoms with Crippen molar-refractivity contribution in [2.75, 3.05) is 11.9 Å². The van der Waals surface area contributed by atoms with Crippen LogP contribution in [0.15, 0.2) is 42.5 Å². The Balaban J connectivity index is 2.00. The van der Waals surface area contributed by atoms with Crippen molar-refractivity contribution in [3.8, 4) is 5.75 Å². The number of amides is 1. The van der Waals surface area contributed by atoms with Crippen molar-refractivity contribution in [2.45, 2.75) is 0 Å². The lowest BCUT2D eigenvalue weighted by Crippen LogP contribution is -2.20. The zero-order chi connectivity index (χ0) is 16.1. The molecule has 0 saturated heterocycles. The molecule has 0 unspecified atom stereocenters. The van der Waals surface area contributed by atoms with Crippen molar-refractivity contribution in [1.29, 1.82) is 0 Å². The van der Waals surface area contributed by atoms with Gasteiger partial charge in [-0.2, -0.15) is 0 Å². The largest absolute Gasteiger partial charge is 0.484 e. The average molecular weight is 433 g/mol. The summed E-state index contributed by atoms with van der Waals surface area (Å²) < 4.78 is 6.33. The van der Waals surface area contributed by atoms with Crippen LogP contribution in [-0.4, -0.2) is 17.4 Å². The van der Waals surface area contributed by atoms with Crippen molar-refractivity contribution < 1.29 is 14.5 Å². The van der Waals surface area contributed by atoms with Crippen LogP contribution in [0.2, 0.25) is 5.02 Å². The molecular formula is C14H10ClIN2O4. The van der Waals surface area contributed by atoms with Crippen LogP contribution < -0.4 is 10.1 Å². The molecular weight excluding hydrogens is 423 g/mol. The number of benzene rings is 2. The molecule has 0 saturated carbocycles. The van der Waals surface area contributed by atoms with Crippen LogP contribution in [0.4, 0.5) is 11.4 Å². The summed E-state index contributed by atoms with van der Waals surface area (Å²) in [6, 6.07) is 11.1. The zero-order valence-electron chi connectivity index (χ0n) is 11.1. The van der Waals surface area contributed by atoms with Gasteiger partial charge in [0.2, 0.25) is 0 Å². The van der Waals surface area contributed by atoms with Gasteiger partial charge in [0.25, 0.3) is 11.6 Å². The van der Waals surface area contributed by atoms with E-state index in [1.54, 1.807) is 12.1 Å². The molecule has 0 aliphatic carbocycles. The lowest BCUT2D eigenvalue weighted by Gasteiger charge is -2.09. The Bertz CT molecular complexity index is 724. The maximum absolute atomic E-state index is 11.8. The van der Waals surface area contributed by atoms with Gasteiger partial charge in [0.05, 0.1) is 15.6 Å². The molecule has 0 bridgehead atoms. The topological polar surface area (TPSA) is 81.5 Å². The van der Waals surface area contributed by atoms with Gasteiger partial charge in [-0.05, 0) is 46.9 Å². The van der Waals surface area contributed by atoms with E-state index in [0.717, 1.165) is 3.57 Å². The Labute approximate surface area is 144 Å². The summed E-state index contributed by atoms with van der Waals surface area (Å²) >= 11 is 8.04. The minimum atomic E-state index is -0.561. The molecule has 2 rings (SSSR count). The fraction of sp³-hybridized carbons (Fsp3) is 0.0714. The summed E-state index contributed by atoms with van der Waals surface area (Å²) in [5, 5.41) is 13.4. The van der Waals surface area contributed by atoms with Gasteiger partial charge >= 0.3 is 0 Å². The van der Waals surface area contributed by atoms with Crippen LogP contribution in [0, 0.1) is 13.7 Å². The molecule has 1 N–H and O–H groups in total. The number of anilines is 1. The highest BCUT2D eigenvalue weighted by Crippen LogP contribution is 2.26. The van der Waals surface area contributed by atoms with Gasteiger partial charge in [0.15, 0.2) is 6.61 Å². The van der Waals surface area contributed by atoms with E-state index in [1.807, 2.05) is 12.1 Å². The summed E-state index contributed by atoms with van der Waals surface area (Å²) in [4.78, 5) is 22.0. The fourth-order valence-electron chi connectivity index (χ4n) is 1.61. The summed E-state index contributed by atoms with van der Waals surface area (Å²) in [5.74, 6) is 0.105. The van der Waals surface area contributed by atoms with E-state index in [1.165, 1.54) is 18.2 Å². The Kier molecular flexibility index (Phi) is 5.56. The number of nitro benzene ring substituents is 1. The van der Waals surface area contributed by atoms with Gasteiger partial charge in [-0.1, -0.05) is 17.7 Å². The monoisotopic (exact) mass is 432 g/mol.